The average molecular weight is 905 g/mol. The van der Waals surface area contributed by atoms with Crippen molar-refractivity contribution in [1.82, 2.24) is 15.5 Å². The van der Waals surface area contributed by atoms with Crippen LogP contribution in [0.25, 0.3) is 11.1 Å². The number of hydrogen-bond donors (Lipinski definition) is 7. The van der Waals surface area contributed by atoms with E-state index in [1.165, 1.54) is 24.2 Å². The topological polar surface area (TPSA) is 201 Å². The highest BCUT2D eigenvalue weighted by Gasteiger charge is 2.46. The van der Waals surface area contributed by atoms with Crippen LogP contribution in [0, 0.1) is 11.8 Å². The smallest absolute Gasteiger partial charge is 0.253 e. The Morgan fingerprint density at radius 2 is 1.71 bits per heavy atom. The van der Waals surface area contributed by atoms with E-state index < -0.39 is 29.6 Å². The molecule has 15 heteroatoms. The predicted octanol–water partition coefficient (Wildman–Crippen LogP) is 5.38. The minimum absolute atomic E-state index is 0.00209. The van der Waals surface area contributed by atoms with Crippen molar-refractivity contribution in [3.8, 4) is 45.6 Å². The number of likely N-dealkylation sites (N-methyl/N-ethyl adjacent to an activating group) is 1. The summed E-state index contributed by atoms with van der Waals surface area (Å²) in [6, 6.07) is 17.1. The number of anilines is 1. The molecule has 1 fully saturated rings. The number of amides is 2. The number of ether oxygens (including phenoxy) is 5. The lowest BCUT2D eigenvalue weighted by Gasteiger charge is -2.46. The normalized spacial score (nSPS) is 23.1. The Balaban J connectivity index is 1.03. The standard InChI is InChI=1S/C51H60N4O11/c1-4-53-28-66-39-22-37(63-18-17-52-2)33-12-13-34-44-36(54-50(61)47(39)46(33)44)21-38-45(34)48(59)35(27-65-38)30-19-40(62-3)49(60)41(20-30)64-26-32(25-56)51(31-10-6-5-7-11-31)16-8-9-29(23-51)24-55-42(57)14-15-43(55)58/h5-7,10-11,14-15,19-22,29,32,35,48,50,52-54,56,59-61H,4,8-9,12-13,16-18,23-28H2,1-3H3. The van der Waals surface area contributed by atoms with Crippen LogP contribution in [0.4, 0.5) is 5.69 Å². The van der Waals surface area contributed by atoms with Gasteiger partial charge in [0.1, 0.15) is 30.6 Å². The Kier molecular flexibility index (Phi) is 13.2. The fourth-order valence-corrected chi connectivity index (χ4v) is 11.0. The number of carbonyl (C=O) groups excluding carboxylic acids is 2. The molecule has 4 aromatic rings. The van der Waals surface area contributed by atoms with Gasteiger partial charge in [-0.25, -0.2) is 0 Å². The zero-order chi connectivity index (χ0) is 46.1. The number of benzene rings is 4. The van der Waals surface area contributed by atoms with Gasteiger partial charge in [-0.05, 0) is 80.4 Å². The summed E-state index contributed by atoms with van der Waals surface area (Å²) in [5.41, 5.74) is 6.60. The summed E-state index contributed by atoms with van der Waals surface area (Å²) in [6.45, 7) is 4.23. The maximum absolute atomic E-state index is 12.6. The van der Waals surface area contributed by atoms with Gasteiger partial charge in [0, 0.05) is 89.2 Å². The Hall–Kier alpha value is -5.84. The second kappa shape index (κ2) is 19.2. The molecule has 1 saturated carbocycles. The largest absolute Gasteiger partial charge is 0.502 e. The van der Waals surface area contributed by atoms with Crippen LogP contribution in [0.15, 0.2) is 66.7 Å². The van der Waals surface area contributed by atoms with Crippen molar-refractivity contribution >= 4 is 17.5 Å². The monoisotopic (exact) mass is 904 g/mol. The number of aliphatic hydroxyl groups is 3. The third kappa shape index (κ3) is 8.21. The molecule has 0 spiro atoms. The predicted molar refractivity (Wildman–Crippen MR) is 246 cm³/mol. The maximum atomic E-state index is 12.6. The number of rotatable bonds is 18. The number of imide groups is 1. The van der Waals surface area contributed by atoms with E-state index in [1.54, 1.807) is 12.1 Å². The van der Waals surface area contributed by atoms with Crippen molar-refractivity contribution in [2.45, 2.75) is 69.1 Å². The molecule has 3 heterocycles. The molecule has 2 amide bonds. The lowest BCUT2D eigenvalue weighted by atomic mass is 9.59. The van der Waals surface area contributed by atoms with Crippen molar-refractivity contribution in [1.29, 1.82) is 0 Å². The summed E-state index contributed by atoms with van der Waals surface area (Å²) in [5.74, 6) is 0.128. The van der Waals surface area contributed by atoms with Crippen LogP contribution in [0.3, 0.4) is 0 Å². The van der Waals surface area contributed by atoms with Crippen molar-refractivity contribution in [3.05, 3.63) is 100 Å². The second-order valence-electron chi connectivity index (χ2n) is 17.9. The summed E-state index contributed by atoms with van der Waals surface area (Å²) < 4.78 is 31.3. The van der Waals surface area contributed by atoms with E-state index in [2.05, 4.69) is 28.1 Å². The van der Waals surface area contributed by atoms with Crippen LogP contribution < -0.4 is 39.6 Å². The fourth-order valence-electron chi connectivity index (χ4n) is 11.0. The molecule has 3 aliphatic heterocycles. The third-order valence-corrected chi connectivity index (χ3v) is 14.3. The van der Waals surface area contributed by atoms with Gasteiger partial charge in [0.15, 0.2) is 17.7 Å². The van der Waals surface area contributed by atoms with Gasteiger partial charge < -0.3 is 54.7 Å². The Morgan fingerprint density at radius 3 is 2.45 bits per heavy atom. The first kappa shape index (κ1) is 45.3. The Labute approximate surface area is 384 Å². The third-order valence-electron chi connectivity index (χ3n) is 14.3. The number of phenols is 1. The molecule has 9 rings (SSSR count). The molecule has 0 saturated heterocycles. The summed E-state index contributed by atoms with van der Waals surface area (Å²) in [5, 5.41) is 56.4. The van der Waals surface area contributed by atoms with Gasteiger partial charge in [-0.3, -0.25) is 19.8 Å². The molecule has 7 N–H and O–H groups in total. The zero-order valence-electron chi connectivity index (χ0n) is 37.7. The van der Waals surface area contributed by atoms with E-state index in [-0.39, 0.29) is 61.5 Å². The van der Waals surface area contributed by atoms with Gasteiger partial charge in [-0.1, -0.05) is 43.7 Å². The number of phenolic OH excluding ortho intramolecular Hbond substituents is 1. The van der Waals surface area contributed by atoms with E-state index in [0.717, 1.165) is 47.1 Å². The number of aliphatic hydroxyl groups excluding tert-OH is 3. The molecule has 4 aromatic carbocycles. The number of methoxy groups -OCH3 is 1. The molecule has 6 unspecified atom stereocenters. The van der Waals surface area contributed by atoms with Gasteiger partial charge in [-0.2, -0.15) is 0 Å². The first-order valence-corrected chi connectivity index (χ1v) is 23.1. The van der Waals surface area contributed by atoms with Crippen LogP contribution >= 0.6 is 0 Å². The highest BCUT2D eigenvalue weighted by Crippen LogP contribution is 2.58. The van der Waals surface area contributed by atoms with Crippen molar-refractivity contribution in [3.63, 3.8) is 0 Å². The highest BCUT2D eigenvalue weighted by atomic mass is 16.5. The fraction of sp³-hybridized carbons (Fsp3) is 0.451. The van der Waals surface area contributed by atoms with Gasteiger partial charge in [-0.15, -0.1) is 0 Å². The summed E-state index contributed by atoms with van der Waals surface area (Å²) in [6.07, 6.45) is 4.69. The second-order valence-corrected chi connectivity index (χ2v) is 17.9. The number of carbonyl (C=O) groups is 2. The number of nitrogens with zero attached hydrogens (tertiary/aromatic N) is 1. The first-order chi connectivity index (χ1) is 32.1. The van der Waals surface area contributed by atoms with Crippen LogP contribution in [0.1, 0.15) is 84.2 Å². The Morgan fingerprint density at radius 1 is 0.939 bits per heavy atom. The van der Waals surface area contributed by atoms with Gasteiger partial charge in [0.05, 0.1) is 32.0 Å². The van der Waals surface area contributed by atoms with Gasteiger partial charge >= 0.3 is 0 Å². The SMILES string of the molecule is CCNCOc1cc(OCCNC)c2c3c1C(O)Nc1cc4c(c(c1-3)CC2)C(O)C(c1cc(OC)c(O)c(OCC(CO)C2(c3ccccc3)CCCC(CN3C(=O)C=CC3=O)C2)c1)CO4. The molecule has 0 aromatic heterocycles. The van der Waals surface area contributed by atoms with Crippen molar-refractivity contribution in [2.75, 3.05) is 72.3 Å². The molecular formula is C51H60N4O11. The summed E-state index contributed by atoms with van der Waals surface area (Å²) >= 11 is 0. The quantitative estimate of drug-likeness (QED) is 0.0382. The molecular weight excluding hydrogens is 845 g/mol. The minimum Gasteiger partial charge on any atom is -0.502 e. The highest BCUT2D eigenvalue weighted by molar-refractivity contribution is 6.12. The van der Waals surface area contributed by atoms with E-state index in [1.807, 2.05) is 44.3 Å². The van der Waals surface area contributed by atoms with E-state index in [4.69, 9.17) is 23.7 Å². The molecule has 15 nitrogen and oxygen atoms in total. The molecule has 6 atom stereocenters. The van der Waals surface area contributed by atoms with Gasteiger partial charge in [0.25, 0.3) is 11.8 Å². The molecule has 5 aliphatic rings. The van der Waals surface area contributed by atoms with E-state index in [9.17, 15) is 30.0 Å². The molecule has 0 radical (unpaired) electrons. The van der Waals surface area contributed by atoms with Crippen LogP contribution in [0.2, 0.25) is 0 Å². The van der Waals surface area contributed by atoms with E-state index >= 15 is 0 Å². The molecule has 350 valence electrons. The zero-order valence-corrected chi connectivity index (χ0v) is 37.7. The first-order valence-electron chi connectivity index (χ1n) is 23.1. The summed E-state index contributed by atoms with van der Waals surface area (Å²) in [7, 11) is 3.33. The molecule has 2 aliphatic carbocycles. The maximum Gasteiger partial charge on any atom is 0.253 e. The summed E-state index contributed by atoms with van der Waals surface area (Å²) in [4.78, 5) is 26.4. The van der Waals surface area contributed by atoms with Crippen LogP contribution in [-0.4, -0.2) is 104 Å². The molecule has 66 heavy (non-hydrogen) atoms. The van der Waals surface area contributed by atoms with Crippen molar-refractivity contribution in [2.24, 2.45) is 11.8 Å². The number of hydrogen-bond acceptors (Lipinski definition) is 14. The number of nitrogens with one attached hydrogen (secondary N) is 3. The van der Waals surface area contributed by atoms with Crippen LogP contribution in [0.5, 0.6) is 34.5 Å². The van der Waals surface area contributed by atoms with Crippen LogP contribution in [-0.2, 0) is 27.8 Å². The number of aromatic hydroxyl groups is 1. The lowest BCUT2D eigenvalue weighted by molar-refractivity contribution is -0.138. The lowest BCUT2D eigenvalue weighted by Crippen LogP contribution is -2.47. The minimum atomic E-state index is -1.07. The van der Waals surface area contributed by atoms with Crippen molar-refractivity contribution < 1.29 is 53.7 Å². The van der Waals surface area contributed by atoms with Gasteiger partial charge in [0.2, 0.25) is 5.75 Å². The number of fused-ring (bicyclic) bond motifs is 2. The average Bonchev–Trinajstić information content (AvgIpc) is 3.64. The molecule has 0 bridgehead atoms. The Bertz CT molecular complexity index is 2480. The van der Waals surface area contributed by atoms with E-state index in [0.29, 0.717) is 85.1 Å².